The highest BCUT2D eigenvalue weighted by Crippen LogP contribution is 2.41. The minimum absolute atomic E-state index is 0.205. The molecule has 2 aromatic heterocycles. The van der Waals surface area contributed by atoms with Crippen molar-refractivity contribution in [2.24, 2.45) is 0 Å². The van der Waals surface area contributed by atoms with Gasteiger partial charge in [0.1, 0.15) is 11.4 Å². The normalized spacial score (nSPS) is 20.2. The summed E-state index contributed by atoms with van der Waals surface area (Å²) in [5.41, 5.74) is 5.83. The van der Waals surface area contributed by atoms with E-state index in [0.717, 1.165) is 11.6 Å². The third-order valence-corrected chi connectivity index (χ3v) is 6.80. The van der Waals surface area contributed by atoms with Crippen molar-refractivity contribution < 1.29 is 27.4 Å². The van der Waals surface area contributed by atoms with Crippen molar-refractivity contribution in [2.75, 3.05) is 39.1 Å². The van der Waals surface area contributed by atoms with Crippen molar-refractivity contribution in [3.8, 4) is 11.3 Å². The molecular weight excluding hydrogens is 489 g/mol. The second-order valence-electron chi connectivity index (χ2n) is 9.17. The van der Waals surface area contributed by atoms with E-state index in [2.05, 4.69) is 15.4 Å². The topological polar surface area (TPSA) is 108 Å². The Morgan fingerprint density at radius 3 is 2.78 bits per heavy atom. The number of anilines is 1. The van der Waals surface area contributed by atoms with Crippen molar-refractivity contribution in [1.82, 2.24) is 25.0 Å². The van der Waals surface area contributed by atoms with Gasteiger partial charge in [0.05, 0.1) is 49.3 Å². The summed E-state index contributed by atoms with van der Waals surface area (Å²) in [5.74, 6) is -0.584. The lowest BCUT2D eigenvalue weighted by molar-refractivity contribution is -0.137. The van der Waals surface area contributed by atoms with Gasteiger partial charge in [0.2, 0.25) is 0 Å². The summed E-state index contributed by atoms with van der Waals surface area (Å²) in [5, 5.41) is 7.56. The van der Waals surface area contributed by atoms with Gasteiger partial charge in [-0.2, -0.15) is 18.3 Å². The van der Waals surface area contributed by atoms with Gasteiger partial charge in [-0.25, -0.2) is 9.78 Å². The van der Waals surface area contributed by atoms with Crippen molar-refractivity contribution in [3.05, 3.63) is 65.5 Å². The molecule has 3 N–H and O–H groups in total. The Bertz CT molecular complexity index is 1280. The number of carbonyl (C=O) groups excluding carboxylic acids is 1. The molecule has 2 aliphatic rings. The lowest BCUT2D eigenvalue weighted by atomic mass is 9.96. The highest BCUT2D eigenvalue weighted by atomic mass is 19.4. The van der Waals surface area contributed by atoms with Crippen LogP contribution in [0.4, 0.5) is 23.8 Å². The minimum Gasteiger partial charge on any atom is -0.383 e. The first kappa shape index (κ1) is 25.0. The molecule has 2 atom stereocenters. The number of benzene rings is 1. The Balaban J connectivity index is 1.37. The molecular formula is C25H27F3N6O3. The fourth-order valence-electron chi connectivity index (χ4n) is 4.93. The largest absolute Gasteiger partial charge is 0.419 e. The van der Waals surface area contributed by atoms with E-state index < -0.39 is 23.2 Å². The number of rotatable bonds is 5. The van der Waals surface area contributed by atoms with Crippen LogP contribution in [-0.2, 0) is 27.8 Å². The molecule has 0 aliphatic carbocycles. The van der Waals surface area contributed by atoms with Crippen molar-refractivity contribution in [2.45, 2.75) is 30.8 Å². The number of pyridine rings is 1. The number of hydrogen-bond acceptors (Lipinski definition) is 6. The van der Waals surface area contributed by atoms with Crippen LogP contribution < -0.4 is 11.1 Å². The maximum atomic E-state index is 13.4. The Morgan fingerprint density at radius 2 is 2.05 bits per heavy atom. The number of fused-ring (bicyclic) bond motifs is 2. The van der Waals surface area contributed by atoms with Crippen molar-refractivity contribution in [1.29, 1.82) is 0 Å². The molecule has 0 bridgehead atoms. The number of halogens is 3. The summed E-state index contributed by atoms with van der Waals surface area (Å²) in [7, 11) is 1.58. The van der Waals surface area contributed by atoms with Crippen LogP contribution in [0.3, 0.4) is 0 Å². The summed E-state index contributed by atoms with van der Waals surface area (Å²) in [4.78, 5) is 18.6. The van der Waals surface area contributed by atoms with Gasteiger partial charge in [-0.1, -0.05) is 30.3 Å². The van der Waals surface area contributed by atoms with Crippen LogP contribution >= 0.6 is 0 Å². The Labute approximate surface area is 211 Å². The van der Waals surface area contributed by atoms with E-state index in [-0.39, 0.29) is 24.2 Å². The molecule has 2 amide bonds. The van der Waals surface area contributed by atoms with Crippen LogP contribution in [-0.4, -0.2) is 59.1 Å². The van der Waals surface area contributed by atoms with Crippen LogP contribution in [0.25, 0.3) is 11.3 Å². The van der Waals surface area contributed by atoms with Gasteiger partial charge in [0.25, 0.3) is 0 Å². The second-order valence-corrected chi connectivity index (χ2v) is 9.17. The third kappa shape index (κ3) is 4.86. The lowest BCUT2D eigenvalue weighted by Gasteiger charge is -2.34. The summed E-state index contributed by atoms with van der Waals surface area (Å²) < 4.78 is 53.3. The third-order valence-electron chi connectivity index (χ3n) is 6.80. The number of amides is 2. The van der Waals surface area contributed by atoms with Gasteiger partial charge in [-0.05, 0) is 17.7 Å². The Hall–Kier alpha value is -3.64. The molecule has 1 aromatic carbocycles. The van der Waals surface area contributed by atoms with Gasteiger partial charge in [-0.3, -0.25) is 4.68 Å². The molecule has 0 radical (unpaired) electrons. The molecule has 9 nitrogen and oxygen atoms in total. The molecule has 1 saturated heterocycles. The van der Waals surface area contributed by atoms with Crippen LogP contribution in [0, 0.1) is 0 Å². The number of urea groups is 1. The standard InChI is InChI=1S/C25H27F3N6O3/c1-36-14-20(16-5-3-2-4-6-16)31-23(35)33-8-7-24(15-33)21-12-19(32-34(21)9-10-37-24)17-11-18(25(26,27)28)22(29)30-13-17/h2-6,11-13,20H,7-10,14-15H2,1H3,(H2,29,30)(H,31,35)/t20-,24?/m1/s1. The average molecular weight is 517 g/mol. The zero-order valence-corrected chi connectivity index (χ0v) is 20.2. The molecule has 12 heteroatoms. The molecule has 1 unspecified atom stereocenters. The minimum atomic E-state index is -4.63. The number of hydrogen-bond donors (Lipinski definition) is 2. The fraction of sp³-hybridized carbons (Fsp3) is 0.400. The number of ether oxygens (including phenoxy) is 2. The lowest BCUT2D eigenvalue weighted by Crippen LogP contribution is -2.45. The number of nitrogens with two attached hydrogens (primary N) is 1. The first-order chi connectivity index (χ1) is 17.7. The number of nitrogens with zero attached hydrogens (tertiary/aromatic N) is 4. The molecule has 1 spiro atoms. The van der Waals surface area contributed by atoms with Crippen molar-refractivity contribution >= 4 is 11.8 Å². The fourth-order valence-corrected chi connectivity index (χ4v) is 4.93. The number of nitrogens with one attached hydrogen (secondary N) is 1. The smallest absolute Gasteiger partial charge is 0.383 e. The monoisotopic (exact) mass is 516 g/mol. The molecule has 37 heavy (non-hydrogen) atoms. The second kappa shape index (κ2) is 9.67. The zero-order valence-electron chi connectivity index (χ0n) is 20.2. The predicted molar refractivity (Wildman–Crippen MR) is 128 cm³/mol. The number of aromatic nitrogens is 3. The molecule has 3 aromatic rings. The number of nitrogen functional groups attached to an aromatic ring is 1. The molecule has 2 aliphatic heterocycles. The number of methoxy groups -OCH3 is 1. The SMILES string of the molecule is COC[C@@H](NC(=O)N1CCC2(C1)OCCn1nc(-c3cnc(N)c(C(F)(F)F)c3)cc12)c1ccccc1. The highest BCUT2D eigenvalue weighted by Gasteiger charge is 2.47. The Kier molecular flexibility index (Phi) is 6.54. The molecule has 5 rings (SSSR count). The Morgan fingerprint density at radius 1 is 1.27 bits per heavy atom. The van der Waals surface area contributed by atoms with E-state index in [1.165, 1.54) is 6.20 Å². The average Bonchev–Trinajstić information content (AvgIpc) is 3.50. The summed E-state index contributed by atoms with van der Waals surface area (Å²) in [6, 6.07) is 11.7. The summed E-state index contributed by atoms with van der Waals surface area (Å²) in [6.07, 6.45) is -2.82. The maximum absolute atomic E-state index is 13.4. The van der Waals surface area contributed by atoms with Crippen LogP contribution in [0.5, 0.6) is 0 Å². The van der Waals surface area contributed by atoms with Crippen LogP contribution in [0.2, 0.25) is 0 Å². The molecule has 196 valence electrons. The van der Waals surface area contributed by atoms with Gasteiger partial charge >= 0.3 is 12.2 Å². The first-order valence-corrected chi connectivity index (χ1v) is 11.8. The molecule has 1 fully saturated rings. The van der Waals surface area contributed by atoms with Crippen LogP contribution in [0.1, 0.15) is 29.3 Å². The molecule has 4 heterocycles. The van der Waals surface area contributed by atoms with E-state index in [1.807, 2.05) is 30.3 Å². The van der Waals surface area contributed by atoms with Crippen LogP contribution in [0.15, 0.2) is 48.7 Å². The number of alkyl halides is 3. The maximum Gasteiger partial charge on any atom is 0.419 e. The van der Waals surface area contributed by atoms with E-state index >= 15 is 0 Å². The van der Waals surface area contributed by atoms with Gasteiger partial charge in [0, 0.05) is 31.8 Å². The predicted octanol–water partition coefficient (Wildman–Crippen LogP) is 3.57. The first-order valence-electron chi connectivity index (χ1n) is 11.8. The van der Waals surface area contributed by atoms with E-state index in [0.29, 0.717) is 44.1 Å². The number of likely N-dealkylation sites (tertiary alicyclic amines) is 1. The van der Waals surface area contributed by atoms with Gasteiger partial charge in [-0.15, -0.1) is 0 Å². The van der Waals surface area contributed by atoms with E-state index in [9.17, 15) is 18.0 Å². The quantitative estimate of drug-likeness (QED) is 0.537. The van der Waals surface area contributed by atoms with Gasteiger partial charge in [0.15, 0.2) is 0 Å². The number of carbonyl (C=O) groups is 1. The van der Waals surface area contributed by atoms with E-state index in [1.54, 1.807) is 22.8 Å². The van der Waals surface area contributed by atoms with E-state index in [4.69, 9.17) is 15.2 Å². The summed E-state index contributed by atoms with van der Waals surface area (Å²) in [6.45, 7) is 1.86. The van der Waals surface area contributed by atoms with Crippen molar-refractivity contribution in [3.63, 3.8) is 0 Å². The highest BCUT2D eigenvalue weighted by molar-refractivity contribution is 5.75. The molecule has 0 saturated carbocycles. The zero-order chi connectivity index (χ0) is 26.2. The summed E-state index contributed by atoms with van der Waals surface area (Å²) >= 11 is 0. The van der Waals surface area contributed by atoms with Gasteiger partial charge < -0.3 is 25.4 Å².